The summed E-state index contributed by atoms with van der Waals surface area (Å²) >= 11 is 0. The zero-order valence-electron chi connectivity index (χ0n) is 14.0. The number of fused-ring (bicyclic) bond motifs is 1. The number of aliphatic hydroxyl groups excluding tert-OH is 2. The Balaban J connectivity index is 2.13. The maximum absolute atomic E-state index is 12.5. The van der Waals surface area contributed by atoms with E-state index in [9.17, 15) is 18.6 Å². The Morgan fingerprint density at radius 3 is 2.48 bits per heavy atom. The molecule has 0 spiro atoms. The van der Waals surface area contributed by atoms with Crippen LogP contribution >= 0.6 is 0 Å². The van der Waals surface area contributed by atoms with Gasteiger partial charge in [0.2, 0.25) is 10.0 Å². The highest BCUT2D eigenvalue weighted by Crippen LogP contribution is 2.26. The lowest BCUT2D eigenvalue weighted by molar-refractivity contribution is 0.0420. The third-order valence-corrected chi connectivity index (χ3v) is 5.95. The average molecular weight is 341 g/mol. The molecule has 0 aromatic heterocycles. The number of aliphatic hydroxyl groups is 2. The highest BCUT2D eigenvalue weighted by Gasteiger charge is 2.28. The molecule has 3 N–H and O–H groups in total. The van der Waals surface area contributed by atoms with Crippen molar-refractivity contribution < 1.29 is 18.6 Å². The minimum Gasteiger partial charge on any atom is -0.395 e. The van der Waals surface area contributed by atoms with Crippen molar-refractivity contribution in [2.45, 2.75) is 63.5 Å². The molecule has 1 aromatic rings. The zero-order valence-corrected chi connectivity index (χ0v) is 14.9. The van der Waals surface area contributed by atoms with Gasteiger partial charge in [-0.3, -0.25) is 0 Å². The first-order chi connectivity index (χ1) is 10.6. The summed E-state index contributed by atoms with van der Waals surface area (Å²) in [6, 6.07) is 4.50. The van der Waals surface area contributed by atoms with Crippen LogP contribution in [0, 0.1) is 5.41 Å². The van der Waals surface area contributed by atoms with E-state index < -0.39 is 22.2 Å². The molecule has 0 aliphatic heterocycles. The van der Waals surface area contributed by atoms with Crippen LogP contribution < -0.4 is 4.72 Å². The molecule has 0 saturated heterocycles. The number of rotatable bonds is 6. The van der Waals surface area contributed by atoms with Crippen molar-refractivity contribution in [1.29, 1.82) is 0 Å². The fraction of sp³-hybridized carbons (Fsp3) is 0.647. The molecule has 1 aliphatic rings. The molecule has 0 radical (unpaired) electrons. The summed E-state index contributed by atoms with van der Waals surface area (Å²) in [6.45, 7) is 5.28. The van der Waals surface area contributed by atoms with Gasteiger partial charge in [0.1, 0.15) is 0 Å². The summed E-state index contributed by atoms with van der Waals surface area (Å²) in [7, 11) is -3.71. The molecule has 1 aromatic carbocycles. The molecule has 23 heavy (non-hydrogen) atoms. The Labute approximate surface area is 138 Å². The van der Waals surface area contributed by atoms with Crippen LogP contribution in [0.4, 0.5) is 0 Å². The molecule has 6 heteroatoms. The van der Waals surface area contributed by atoms with E-state index in [-0.39, 0.29) is 23.3 Å². The molecule has 2 atom stereocenters. The first-order valence-corrected chi connectivity index (χ1v) is 9.55. The van der Waals surface area contributed by atoms with Crippen LogP contribution in [0.3, 0.4) is 0 Å². The van der Waals surface area contributed by atoms with Crippen LogP contribution in [0.15, 0.2) is 23.1 Å². The molecular formula is C17H27NO4S. The van der Waals surface area contributed by atoms with Crippen LogP contribution in [0.25, 0.3) is 0 Å². The largest absolute Gasteiger partial charge is 0.395 e. The van der Waals surface area contributed by atoms with Gasteiger partial charge in [-0.1, -0.05) is 26.8 Å². The summed E-state index contributed by atoms with van der Waals surface area (Å²) in [4.78, 5) is 0.224. The van der Waals surface area contributed by atoms with Crippen LogP contribution in [0.2, 0.25) is 0 Å². The van der Waals surface area contributed by atoms with E-state index in [4.69, 9.17) is 0 Å². The van der Waals surface area contributed by atoms with Gasteiger partial charge in [-0.05, 0) is 54.4 Å². The van der Waals surface area contributed by atoms with E-state index in [1.165, 1.54) is 5.56 Å². The zero-order chi connectivity index (χ0) is 17.3. The molecule has 0 amide bonds. The average Bonchev–Trinajstić information content (AvgIpc) is 2.92. The Morgan fingerprint density at radius 2 is 1.87 bits per heavy atom. The Morgan fingerprint density at radius 1 is 1.22 bits per heavy atom. The normalized spacial score (nSPS) is 17.8. The molecule has 130 valence electrons. The summed E-state index contributed by atoms with van der Waals surface area (Å²) in [6.07, 6.45) is 2.43. The Hall–Kier alpha value is -0.950. The quantitative estimate of drug-likeness (QED) is 0.734. The van der Waals surface area contributed by atoms with Crippen LogP contribution in [0.5, 0.6) is 0 Å². The topological polar surface area (TPSA) is 86.6 Å². The van der Waals surface area contributed by atoms with E-state index in [0.717, 1.165) is 24.8 Å². The summed E-state index contributed by atoms with van der Waals surface area (Å²) in [5.74, 6) is 0. The number of sulfonamides is 1. The summed E-state index contributed by atoms with van der Waals surface area (Å²) in [5, 5.41) is 19.6. The third kappa shape index (κ3) is 4.53. The van der Waals surface area contributed by atoms with Gasteiger partial charge in [-0.2, -0.15) is 0 Å². The molecular weight excluding hydrogens is 314 g/mol. The molecule has 0 unspecified atom stereocenters. The number of aryl methyl sites for hydroxylation is 2. The molecule has 0 bridgehead atoms. The van der Waals surface area contributed by atoms with Crippen molar-refractivity contribution in [1.82, 2.24) is 4.72 Å². The number of benzene rings is 1. The van der Waals surface area contributed by atoms with Gasteiger partial charge in [0.25, 0.3) is 0 Å². The smallest absolute Gasteiger partial charge is 0.240 e. The SMILES string of the molecule is CC(C)(C)[C@H](O)C[C@H](CO)NS(=O)(=O)c1ccc2c(c1)CCC2. The van der Waals surface area contributed by atoms with Crippen LogP contribution in [0.1, 0.15) is 44.7 Å². The van der Waals surface area contributed by atoms with Crippen molar-refractivity contribution in [2.75, 3.05) is 6.61 Å². The van der Waals surface area contributed by atoms with Gasteiger partial charge in [0.15, 0.2) is 0 Å². The second-order valence-electron chi connectivity index (χ2n) is 7.40. The van der Waals surface area contributed by atoms with E-state index >= 15 is 0 Å². The molecule has 0 fully saturated rings. The number of hydrogen-bond donors (Lipinski definition) is 3. The maximum Gasteiger partial charge on any atom is 0.240 e. The summed E-state index contributed by atoms with van der Waals surface area (Å²) in [5.41, 5.74) is 1.93. The van der Waals surface area contributed by atoms with E-state index in [0.29, 0.717) is 0 Å². The number of hydrogen-bond acceptors (Lipinski definition) is 4. The van der Waals surface area contributed by atoms with Gasteiger partial charge in [-0.25, -0.2) is 13.1 Å². The molecule has 0 saturated carbocycles. The predicted octanol–water partition coefficient (Wildman–Crippen LogP) is 1.61. The Bertz CT molecular complexity index is 649. The molecule has 2 rings (SSSR count). The molecule has 0 heterocycles. The van der Waals surface area contributed by atoms with E-state index in [1.54, 1.807) is 12.1 Å². The predicted molar refractivity (Wildman–Crippen MR) is 89.7 cm³/mol. The fourth-order valence-electron chi connectivity index (χ4n) is 2.79. The van der Waals surface area contributed by atoms with Crippen LogP contribution in [-0.4, -0.2) is 37.4 Å². The lowest BCUT2D eigenvalue weighted by Gasteiger charge is -2.29. The van der Waals surface area contributed by atoms with Gasteiger partial charge >= 0.3 is 0 Å². The minimum atomic E-state index is -3.71. The second-order valence-corrected chi connectivity index (χ2v) is 9.12. The van der Waals surface area contributed by atoms with Gasteiger partial charge < -0.3 is 10.2 Å². The second kappa shape index (κ2) is 6.89. The molecule has 1 aliphatic carbocycles. The number of nitrogens with one attached hydrogen (secondary N) is 1. The van der Waals surface area contributed by atoms with E-state index in [1.807, 2.05) is 26.8 Å². The monoisotopic (exact) mass is 341 g/mol. The Kier molecular flexibility index (Phi) is 5.51. The van der Waals surface area contributed by atoms with Gasteiger partial charge in [0, 0.05) is 6.04 Å². The van der Waals surface area contributed by atoms with Crippen molar-refractivity contribution in [3.05, 3.63) is 29.3 Å². The van der Waals surface area contributed by atoms with Gasteiger partial charge in [-0.15, -0.1) is 0 Å². The maximum atomic E-state index is 12.5. The fourth-order valence-corrected chi connectivity index (χ4v) is 4.08. The lowest BCUT2D eigenvalue weighted by Crippen LogP contribution is -2.42. The highest BCUT2D eigenvalue weighted by molar-refractivity contribution is 7.89. The van der Waals surface area contributed by atoms with Crippen molar-refractivity contribution in [2.24, 2.45) is 5.41 Å². The first-order valence-electron chi connectivity index (χ1n) is 8.06. The summed E-state index contributed by atoms with van der Waals surface area (Å²) < 4.78 is 27.6. The van der Waals surface area contributed by atoms with Crippen molar-refractivity contribution >= 4 is 10.0 Å². The molecule has 5 nitrogen and oxygen atoms in total. The third-order valence-electron chi connectivity index (χ3n) is 4.43. The minimum absolute atomic E-state index is 0.171. The van der Waals surface area contributed by atoms with Gasteiger partial charge in [0.05, 0.1) is 17.6 Å². The van der Waals surface area contributed by atoms with Crippen LogP contribution in [-0.2, 0) is 22.9 Å². The standard InChI is InChI=1S/C17H27NO4S/c1-17(2,3)16(20)10-14(11-19)18-23(21,22)15-8-7-12-5-4-6-13(12)9-15/h7-9,14,16,18-20H,4-6,10-11H2,1-3H3/t14-,16-/m1/s1. The van der Waals surface area contributed by atoms with Crippen molar-refractivity contribution in [3.8, 4) is 0 Å². The highest BCUT2D eigenvalue weighted by atomic mass is 32.2. The van der Waals surface area contributed by atoms with E-state index in [2.05, 4.69) is 4.72 Å². The lowest BCUT2D eigenvalue weighted by atomic mass is 9.86. The first kappa shape index (κ1) is 18.4. The van der Waals surface area contributed by atoms with Crippen molar-refractivity contribution in [3.63, 3.8) is 0 Å².